The van der Waals surface area contributed by atoms with E-state index < -0.39 is 16.1 Å². The summed E-state index contributed by atoms with van der Waals surface area (Å²) in [7, 11) is -3.60. The first-order chi connectivity index (χ1) is 9.98. The lowest BCUT2D eigenvalue weighted by atomic mass is 10.2. The first kappa shape index (κ1) is 14.5. The number of hydrogen-bond acceptors (Lipinski definition) is 5. The van der Waals surface area contributed by atoms with Crippen LogP contribution in [0, 0.1) is 6.92 Å². The summed E-state index contributed by atoms with van der Waals surface area (Å²) in [6, 6.07) is 5.75. The van der Waals surface area contributed by atoms with Crippen LogP contribution in [0.4, 0.5) is 0 Å². The van der Waals surface area contributed by atoms with Crippen molar-refractivity contribution in [2.75, 3.05) is 6.54 Å². The number of hydrogen-bond donors (Lipinski definition) is 0. The third-order valence-corrected chi connectivity index (χ3v) is 5.63. The zero-order chi connectivity index (χ0) is 15.0. The number of sulfonamides is 1. The minimum atomic E-state index is -3.60. The highest BCUT2D eigenvalue weighted by Gasteiger charge is 2.39. The minimum Gasteiger partial charge on any atom is -0.338 e. The smallest absolute Gasteiger partial charge is 0.245 e. The van der Waals surface area contributed by atoms with Crippen LogP contribution >= 0.6 is 11.6 Å². The fraction of sp³-hybridized carbons (Fsp3) is 0.385. The van der Waals surface area contributed by atoms with Crippen molar-refractivity contribution in [1.29, 1.82) is 0 Å². The molecule has 1 unspecified atom stereocenters. The molecule has 0 bridgehead atoms. The third kappa shape index (κ3) is 2.68. The molecule has 6 nitrogen and oxygen atoms in total. The molecule has 1 saturated heterocycles. The summed E-state index contributed by atoms with van der Waals surface area (Å²) < 4.78 is 32.0. The van der Waals surface area contributed by atoms with Crippen LogP contribution in [0.2, 0.25) is 5.02 Å². The van der Waals surface area contributed by atoms with Crippen LogP contribution in [0.1, 0.15) is 30.6 Å². The Morgan fingerprint density at radius 2 is 2.05 bits per heavy atom. The Bertz CT molecular complexity index is 742. The average molecular weight is 328 g/mol. The highest BCUT2D eigenvalue weighted by molar-refractivity contribution is 7.89. The van der Waals surface area contributed by atoms with Gasteiger partial charge in [-0.05, 0) is 44.0 Å². The SMILES string of the molecule is Cc1noc(C2CCCN2S(=O)(=O)c2ccc(Cl)cc2)n1. The Balaban J connectivity index is 1.96. The van der Waals surface area contributed by atoms with Crippen LogP contribution in [-0.2, 0) is 10.0 Å². The molecular formula is C13H14ClN3O3S. The molecule has 1 aliphatic heterocycles. The molecule has 1 aromatic heterocycles. The molecule has 21 heavy (non-hydrogen) atoms. The average Bonchev–Trinajstić information content (AvgIpc) is 3.07. The number of aromatic nitrogens is 2. The number of halogens is 1. The van der Waals surface area contributed by atoms with Gasteiger partial charge in [-0.2, -0.15) is 9.29 Å². The van der Waals surface area contributed by atoms with Crippen molar-refractivity contribution < 1.29 is 12.9 Å². The van der Waals surface area contributed by atoms with E-state index >= 15 is 0 Å². The van der Waals surface area contributed by atoms with E-state index in [0.717, 1.165) is 6.42 Å². The Kier molecular flexibility index (Phi) is 3.73. The summed E-state index contributed by atoms with van der Waals surface area (Å²) in [6.45, 7) is 2.15. The first-order valence-electron chi connectivity index (χ1n) is 6.56. The molecule has 0 amide bonds. The maximum absolute atomic E-state index is 12.7. The van der Waals surface area contributed by atoms with E-state index in [2.05, 4.69) is 10.1 Å². The molecule has 3 rings (SSSR count). The molecule has 0 spiro atoms. The van der Waals surface area contributed by atoms with E-state index in [1.54, 1.807) is 19.1 Å². The molecule has 1 aromatic carbocycles. The molecule has 0 radical (unpaired) electrons. The molecular weight excluding hydrogens is 314 g/mol. The van der Waals surface area contributed by atoms with Gasteiger partial charge in [-0.15, -0.1) is 0 Å². The number of rotatable bonds is 3. The lowest BCUT2D eigenvalue weighted by Crippen LogP contribution is -2.30. The predicted octanol–water partition coefficient (Wildman–Crippen LogP) is 2.56. The molecule has 0 saturated carbocycles. The second-order valence-electron chi connectivity index (χ2n) is 4.91. The van der Waals surface area contributed by atoms with Gasteiger partial charge in [0.1, 0.15) is 6.04 Å². The van der Waals surface area contributed by atoms with Gasteiger partial charge in [0.2, 0.25) is 15.9 Å². The maximum atomic E-state index is 12.7. The fourth-order valence-corrected chi connectivity index (χ4v) is 4.24. The lowest BCUT2D eigenvalue weighted by Gasteiger charge is -2.21. The Morgan fingerprint density at radius 3 is 2.67 bits per heavy atom. The van der Waals surface area contributed by atoms with Crippen LogP contribution in [0.15, 0.2) is 33.7 Å². The first-order valence-corrected chi connectivity index (χ1v) is 8.38. The van der Waals surface area contributed by atoms with Crippen LogP contribution in [0.25, 0.3) is 0 Å². The molecule has 112 valence electrons. The molecule has 2 heterocycles. The molecule has 1 atom stereocenters. The van der Waals surface area contributed by atoms with Gasteiger partial charge in [0.15, 0.2) is 5.82 Å². The number of benzene rings is 1. The van der Waals surface area contributed by atoms with Gasteiger partial charge in [-0.3, -0.25) is 0 Å². The van der Waals surface area contributed by atoms with Crippen LogP contribution in [0.3, 0.4) is 0 Å². The molecule has 2 aromatic rings. The van der Waals surface area contributed by atoms with E-state index in [-0.39, 0.29) is 4.90 Å². The van der Waals surface area contributed by atoms with Gasteiger partial charge in [-0.1, -0.05) is 16.8 Å². The number of nitrogens with zero attached hydrogens (tertiary/aromatic N) is 3. The third-order valence-electron chi connectivity index (χ3n) is 3.45. The van der Waals surface area contributed by atoms with E-state index in [9.17, 15) is 8.42 Å². The summed E-state index contributed by atoms with van der Waals surface area (Å²) in [5, 5.41) is 4.24. The van der Waals surface area contributed by atoms with Gasteiger partial charge in [-0.25, -0.2) is 8.42 Å². The summed E-state index contributed by atoms with van der Waals surface area (Å²) in [5.41, 5.74) is 0. The van der Waals surface area contributed by atoms with E-state index in [4.69, 9.17) is 16.1 Å². The quantitative estimate of drug-likeness (QED) is 0.866. The van der Waals surface area contributed by atoms with Crippen molar-refractivity contribution in [3.8, 4) is 0 Å². The van der Waals surface area contributed by atoms with Crippen molar-refractivity contribution in [3.63, 3.8) is 0 Å². The Morgan fingerprint density at radius 1 is 1.33 bits per heavy atom. The maximum Gasteiger partial charge on any atom is 0.245 e. The zero-order valence-electron chi connectivity index (χ0n) is 11.4. The van der Waals surface area contributed by atoms with Gasteiger partial charge >= 0.3 is 0 Å². The second kappa shape index (κ2) is 5.40. The Labute approximate surface area is 127 Å². The lowest BCUT2D eigenvalue weighted by molar-refractivity contribution is 0.289. The normalized spacial score (nSPS) is 20.0. The molecule has 1 fully saturated rings. The standard InChI is InChI=1S/C13H14ClN3O3S/c1-9-15-13(20-16-9)12-3-2-8-17(12)21(18,19)11-6-4-10(14)5-7-11/h4-7,12H,2-3,8H2,1H3. The van der Waals surface area contributed by atoms with Crippen molar-refractivity contribution in [3.05, 3.63) is 41.0 Å². The summed E-state index contributed by atoms with van der Waals surface area (Å²) >= 11 is 5.81. The second-order valence-corrected chi connectivity index (χ2v) is 7.23. The van der Waals surface area contributed by atoms with E-state index in [1.807, 2.05) is 0 Å². The molecule has 0 N–H and O–H groups in total. The summed E-state index contributed by atoms with van der Waals surface area (Å²) in [4.78, 5) is 4.38. The van der Waals surface area contributed by atoms with Gasteiger partial charge < -0.3 is 4.52 Å². The van der Waals surface area contributed by atoms with Crippen molar-refractivity contribution in [1.82, 2.24) is 14.4 Å². The molecule has 1 aliphatic rings. The van der Waals surface area contributed by atoms with Crippen molar-refractivity contribution in [2.45, 2.75) is 30.7 Å². The van der Waals surface area contributed by atoms with Crippen LogP contribution in [0.5, 0.6) is 0 Å². The van der Waals surface area contributed by atoms with Crippen molar-refractivity contribution in [2.24, 2.45) is 0 Å². The number of aryl methyl sites for hydroxylation is 1. The zero-order valence-corrected chi connectivity index (χ0v) is 12.9. The summed E-state index contributed by atoms with van der Waals surface area (Å²) in [6.07, 6.45) is 1.44. The predicted molar refractivity (Wildman–Crippen MR) is 76.4 cm³/mol. The largest absolute Gasteiger partial charge is 0.338 e. The topological polar surface area (TPSA) is 76.3 Å². The Hall–Kier alpha value is -1.44. The summed E-state index contributed by atoms with van der Waals surface area (Å²) in [5.74, 6) is 0.850. The molecule has 8 heteroatoms. The molecule has 0 aliphatic carbocycles. The highest BCUT2D eigenvalue weighted by Crippen LogP contribution is 2.35. The van der Waals surface area contributed by atoms with Crippen LogP contribution < -0.4 is 0 Å². The van der Waals surface area contributed by atoms with Crippen molar-refractivity contribution >= 4 is 21.6 Å². The minimum absolute atomic E-state index is 0.218. The fourth-order valence-electron chi connectivity index (χ4n) is 2.47. The van der Waals surface area contributed by atoms with E-state index in [1.165, 1.54) is 16.4 Å². The monoisotopic (exact) mass is 327 g/mol. The van der Waals surface area contributed by atoms with Gasteiger partial charge in [0.05, 0.1) is 4.90 Å². The van der Waals surface area contributed by atoms with Crippen LogP contribution in [-0.4, -0.2) is 29.4 Å². The highest BCUT2D eigenvalue weighted by atomic mass is 35.5. The van der Waals surface area contributed by atoms with E-state index in [0.29, 0.717) is 29.7 Å². The van der Waals surface area contributed by atoms with Gasteiger partial charge in [0, 0.05) is 11.6 Å². The van der Waals surface area contributed by atoms with Gasteiger partial charge in [0.25, 0.3) is 0 Å².